The molecule has 3 aromatic rings. The van der Waals surface area contributed by atoms with E-state index in [0.717, 1.165) is 42.3 Å². The molecule has 0 saturated heterocycles. The zero-order valence-corrected chi connectivity index (χ0v) is 22.8. The number of hydrogen-bond donors (Lipinski definition) is 0. The Kier molecular flexibility index (Phi) is 8.79. The van der Waals surface area contributed by atoms with E-state index in [1.807, 2.05) is 0 Å². The summed E-state index contributed by atoms with van der Waals surface area (Å²) >= 11 is 3.55. The molecule has 0 radical (unpaired) electrons. The topological polar surface area (TPSA) is 36.7 Å². The quantitative estimate of drug-likeness (QED) is 0.233. The van der Waals surface area contributed by atoms with Crippen molar-refractivity contribution in [2.45, 2.75) is 89.9 Å². The molecule has 0 fully saturated rings. The van der Waals surface area contributed by atoms with Gasteiger partial charge in [-0.05, 0) is 84.9 Å². The Morgan fingerprint density at radius 3 is 2.26 bits per heavy atom. The van der Waals surface area contributed by atoms with E-state index < -0.39 is 5.41 Å². The molecule has 3 heteroatoms. The Bertz CT molecular complexity index is 1160. The summed E-state index contributed by atoms with van der Waals surface area (Å²) in [6, 6.07) is 22.1. The van der Waals surface area contributed by atoms with E-state index in [-0.39, 0.29) is 0 Å². The second-order valence-corrected chi connectivity index (χ2v) is 10.9. The highest BCUT2D eigenvalue weighted by atomic mass is 79.9. The Labute approximate surface area is 219 Å². The van der Waals surface area contributed by atoms with E-state index in [4.69, 9.17) is 4.98 Å². The van der Waals surface area contributed by atoms with Gasteiger partial charge in [-0.1, -0.05) is 97.9 Å². The molecule has 1 aliphatic rings. The second kappa shape index (κ2) is 12.0. The lowest BCUT2D eigenvalue weighted by atomic mass is 9.79. The summed E-state index contributed by atoms with van der Waals surface area (Å²) in [5, 5.41) is 10.6. The highest BCUT2D eigenvalue weighted by molar-refractivity contribution is 9.10. The summed E-state index contributed by atoms with van der Waals surface area (Å²) in [6.07, 6.45) is 11.8. The largest absolute Gasteiger partial charge is 0.256 e. The van der Waals surface area contributed by atoms with Gasteiger partial charge >= 0.3 is 0 Å². The van der Waals surface area contributed by atoms with Crippen LogP contribution in [-0.2, 0) is 31.1 Å². The molecule has 0 aliphatic heterocycles. The van der Waals surface area contributed by atoms with Crippen molar-refractivity contribution in [3.05, 3.63) is 87.1 Å². The number of aromatic nitrogens is 1. The molecular formula is C32H37BrN2. The smallest absolute Gasteiger partial charge is 0.104 e. The van der Waals surface area contributed by atoms with Gasteiger partial charge in [-0.15, -0.1) is 0 Å². The molecule has 1 heterocycles. The molecule has 0 spiro atoms. The van der Waals surface area contributed by atoms with Gasteiger partial charge < -0.3 is 0 Å². The van der Waals surface area contributed by atoms with Crippen molar-refractivity contribution in [3.63, 3.8) is 0 Å². The van der Waals surface area contributed by atoms with Crippen molar-refractivity contribution in [3.8, 4) is 17.2 Å². The summed E-state index contributed by atoms with van der Waals surface area (Å²) in [4.78, 5) is 5.40. The summed E-state index contributed by atoms with van der Waals surface area (Å²) in [5.74, 6) is 0. The van der Waals surface area contributed by atoms with Gasteiger partial charge in [0.25, 0.3) is 0 Å². The molecule has 0 saturated carbocycles. The first-order valence-corrected chi connectivity index (χ1v) is 14.2. The standard InChI is InChI=1S/C32H37BrN2/c1-3-5-8-14-27-29(15-9-6-4-2)35-31-28(30(27)25-12-10-7-11-13-25)20-21-32(31,23-34)22-24-16-18-26(33)19-17-24/h7,10-13,16-19H,3-6,8-9,14-15,20-22H2,1-2H3/t32-/m0/s1. The first-order chi connectivity index (χ1) is 17.1. The summed E-state index contributed by atoms with van der Waals surface area (Å²) in [5.41, 5.74) is 8.35. The fraction of sp³-hybridized carbons (Fsp3) is 0.438. The molecule has 2 aromatic carbocycles. The molecule has 182 valence electrons. The van der Waals surface area contributed by atoms with Crippen LogP contribution in [0.3, 0.4) is 0 Å². The van der Waals surface area contributed by atoms with Crippen LogP contribution in [0.25, 0.3) is 11.1 Å². The van der Waals surface area contributed by atoms with E-state index in [2.05, 4.69) is 90.4 Å². The number of hydrogen-bond acceptors (Lipinski definition) is 2. The van der Waals surface area contributed by atoms with E-state index >= 15 is 0 Å². The number of nitriles is 1. The number of nitrogens with zero attached hydrogens (tertiary/aromatic N) is 2. The van der Waals surface area contributed by atoms with Crippen molar-refractivity contribution in [2.24, 2.45) is 0 Å². The van der Waals surface area contributed by atoms with Crippen LogP contribution in [-0.4, -0.2) is 4.98 Å². The zero-order chi connectivity index (χ0) is 24.7. The van der Waals surface area contributed by atoms with Crippen molar-refractivity contribution >= 4 is 15.9 Å². The minimum atomic E-state index is -0.561. The third-order valence-electron chi connectivity index (χ3n) is 7.48. The fourth-order valence-electron chi connectivity index (χ4n) is 5.61. The highest BCUT2D eigenvalue weighted by Gasteiger charge is 2.43. The lowest BCUT2D eigenvalue weighted by molar-refractivity contribution is 0.526. The number of halogens is 1. The fourth-order valence-corrected chi connectivity index (χ4v) is 5.87. The molecular weight excluding hydrogens is 492 g/mol. The van der Waals surface area contributed by atoms with Crippen molar-refractivity contribution in [2.75, 3.05) is 0 Å². The maximum Gasteiger partial charge on any atom is 0.104 e. The van der Waals surface area contributed by atoms with Crippen LogP contribution >= 0.6 is 15.9 Å². The number of rotatable bonds is 11. The summed E-state index contributed by atoms with van der Waals surface area (Å²) in [6.45, 7) is 4.53. The van der Waals surface area contributed by atoms with E-state index in [9.17, 15) is 5.26 Å². The number of aryl methyl sites for hydroxylation is 1. The molecule has 4 rings (SSSR count). The van der Waals surface area contributed by atoms with Gasteiger partial charge in [0.15, 0.2) is 0 Å². The van der Waals surface area contributed by atoms with Crippen LogP contribution in [0, 0.1) is 11.3 Å². The maximum atomic E-state index is 10.6. The molecule has 2 nitrogen and oxygen atoms in total. The zero-order valence-electron chi connectivity index (χ0n) is 21.2. The van der Waals surface area contributed by atoms with E-state index in [0.29, 0.717) is 6.42 Å². The van der Waals surface area contributed by atoms with Crippen LogP contribution in [0.2, 0.25) is 0 Å². The number of fused-ring (bicyclic) bond motifs is 1. The SMILES string of the molecule is CCCCCc1nc2c(c(-c3ccccc3)c1CCCCC)CC[C@@]2(C#N)Cc1ccc(Br)cc1. The van der Waals surface area contributed by atoms with Crippen molar-refractivity contribution in [1.29, 1.82) is 5.26 Å². The molecule has 35 heavy (non-hydrogen) atoms. The second-order valence-electron chi connectivity index (χ2n) is 10.0. The molecule has 0 bridgehead atoms. The Morgan fingerprint density at radius 1 is 0.914 bits per heavy atom. The highest BCUT2D eigenvalue weighted by Crippen LogP contribution is 2.46. The average molecular weight is 530 g/mol. The molecule has 0 amide bonds. The first kappa shape index (κ1) is 25.6. The van der Waals surface area contributed by atoms with Gasteiger partial charge in [-0.2, -0.15) is 5.26 Å². The van der Waals surface area contributed by atoms with Crippen molar-refractivity contribution < 1.29 is 0 Å². The summed E-state index contributed by atoms with van der Waals surface area (Å²) in [7, 11) is 0. The number of pyridine rings is 1. The average Bonchev–Trinajstić information content (AvgIpc) is 3.24. The van der Waals surface area contributed by atoms with E-state index in [1.165, 1.54) is 65.6 Å². The molecule has 0 N–H and O–H groups in total. The monoisotopic (exact) mass is 528 g/mol. The summed E-state index contributed by atoms with van der Waals surface area (Å²) < 4.78 is 1.07. The Balaban J connectivity index is 1.87. The Morgan fingerprint density at radius 2 is 1.60 bits per heavy atom. The van der Waals surface area contributed by atoms with Crippen LogP contribution in [0.4, 0.5) is 0 Å². The molecule has 1 aliphatic carbocycles. The Hall–Kier alpha value is -2.44. The van der Waals surface area contributed by atoms with Gasteiger partial charge in [0.2, 0.25) is 0 Å². The number of unbranched alkanes of at least 4 members (excludes halogenated alkanes) is 4. The predicted octanol–water partition coefficient (Wildman–Crippen LogP) is 8.93. The molecule has 1 aromatic heterocycles. The molecule has 1 atom stereocenters. The van der Waals surface area contributed by atoms with E-state index in [1.54, 1.807) is 0 Å². The van der Waals surface area contributed by atoms with Crippen molar-refractivity contribution in [1.82, 2.24) is 4.98 Å². The maximum absolute atomic E-state index is 10.6. The minimum absolute atomic E-state index is 0.561. The minimum Gasteiger partial charge on any atom is -0.256 e. The first-order valence-electron chi connectivity index (χ1n) is 13.4. The lowest BCUT2D eigenvalue weighted by Gasteiger charge is -2.25. The van der Waals surface area contributed by atoms with Gasteiger partial charge in [0.1, 0.15) is 5.41 Å². The van der Waals surface area contributed by atoms with Gasteiger partial charge in [0, 0.05) is 10.2 Å². The van der Waals surface area contributed by atoms with Crippen LogP contribution in [0.15, 0.2) is 59.1 Å². The third-order valence-corrected chi connectivity index (χ3v) is 8.01. The van der Waals surface area contributed by atoms with Crippen LogP contribution < -0.4 is 0 Å². The van der Waals surface area contributed by atoms with Crippen LogP contribution in [0.1, 0.15) is 86.9 Å². The molecule has 0 unspecified atom stereocenters. The predicted molar refractivity (Wildman–Crippen MR) is 150 cm³/mol. The van der Waals surface area contributed by atoms with Gasteiger partial charge in [-0.25, -0.2) is 0 Å². The van der Waals surface area contributed by atoms with Crippen LogP contribution in [0.5, 0.6) is 0 Å². The van der Waals surface area contributed by atoms with Gasteiger partial charge in [0.05, 0.1) is 11.8 Å². The number of benzene rings is 2. The normalized spacial score (nSPS) is 16.7. The van der Waals surface area contributed by atoms with Gasteiger partial charge in [-0.3, -0.25) is 4.98 Å². The third kappa shape index (κ3) is 5.70. The lowest BCUT2D eigenvalue weighted by Crippen LogP contribution is -2.26.